The van der Waals surface area contributed by atoms with Crippen LogP contribution in [0.15, 0.2) is 47.1 Å². The molecule has 0 aliphatic carbocycles. The number of nitrogens with zero attached hydrogens (tertiary/aromatic N) is 2. The first-order valence-electron chi connectivity index (χ1n) is 11.1. The van der Waals surface area contributed by atoms with E-state index in [1.165, 1.54) is 0 Å². The van der Waals surface area contributed by atoms with E-state index in [2.05, 4.69) is 36.3 Å². The summed E-state index contributed by atoms with van der Waals surface area (Å²) < 4.78 is 12.4. The number of aromatic nitrogens is 2. The third-order valence-corrected chi connectivity index (χ3v) is 7.13. The predicted octanol–water partition coefficient (Wildman–Crippen LogP) is 3.59. The number of para-hydroxylation sites is 1. The number of piperidine rings is 1. The summed E-state index contributed by atoms with van der Waals surface area (Å²) in [5.41, 5.74) is 1.94. The number of aromatic amines is 1. The molecule has 1 saturated heterocycles. The molecule has 0 radical (unpaired) electrons. The Kier molecular flexibility index (Phi) is 6.07. The predicted molar refractivity (Wildman–Crippen MR) is 126 cm³/mol. The van der Waals surface area contributed by atoms with Crippen molar-refractivity contribution in [1.29, 1.82) is 0 Å². The molecule has 0 saturated carbocycles. The van der Waals surface area contributed by atoms with Gasteiger partial charge in [-0.2, -0.15) is 5.10 Å². The summed E-state index contributed by atoms with van der Waals surface area (Å²) in [6.07, 6.45) is 4.09. The number of nitrogens with one attached hydrogen (secondary N) is 2. The van der Waals surface area contributed by atoms with Gasteiger partial charge in [0.05, 0.1) is 23.3 Å². The fourth-order valence-corrected chi connectivity index (χ4v) is 5.26. The first-order valence-corrected chi connectivity index (χ1v) is 11.9. The Morgan fingerprint density at radius 1 is 1.33 bits per heavy atom. The summed E-state index contributed by atoms with van der Waals surface area (Å²) in [5.74, 6) is 0.675. The van der Waals surface area contributed by atoms with Gasteiger partial charge in [-0.1, -0.05) is 28.1 Å². The van der Waals surface area contributed by atoms with Gasteiger partial charge in [0.1, 0.15) is 18.0 Å². The van der Waals surface area contributed by atoms with E-state index in [1.807, 2.05) is 36.4 Å². The minimum Gasteiger partial charge on any atom is -0.487 e. The molecule has 1 atom stereocenters. The third-order valence-electron chi connectivity index (χ3n) is 6.64. The number of halogens is 1. The fourth-order valence-electron chi connectivity index (χ4n) is 4.88. The monoisotopic (exact) mass is 512 g/mol. The molecule has 0 unspecified atom stereocenters. The molecule has 3 heterocycles. The van der Waals surface area contributed by atoms with Crippen LogP contribution in [-0.4, -0.2) is 59.3 Å². The third kappa shape index (κ3) is 4.47. The first kappa shape index (κ1) is 21.9. The second-order valence-corrected chi connectivity index (χ2v) is 9.56. The highest BCUT2D eigenvalue weighted by Crippen LogP contribution is 2.45. The molecule has 2 aliphatic rings. The van der Waals surface area contributed by atoms with E-state index in [9.17, 15) is 9.59 Å². The van der Waals surface area contributed by atoms with Crippen molar-refractivity contribution < 1.29 is 19.1 Å². The smallest absolute Gasteiger partial charge is 0.293 e. The largest absolute Gasteiger partial charge is 0.487 e. The molecule has 8 nitrogen and oxygen atoms in total. The number of benzene rings is 2. The van der Waals surface area contributed by atoms with Crippen molar-refractivity contribution >= 4 is 39.2 Å². The molecule has 3 aromatic rings. The van der Waals surface area contributed by atoms with E-state index in [0.717, 1.165) is 52.6 Å². The molecule has 1 spiro atoms. The molecule has 9 heteroatoms. The van der Waals surface area contributed by atoms with Crippen LogP contribution in [0.25, 0.3) is 10.9 Å². The van der Waals surface area contributed by atoms with Crippen molar-refractivity contribution in [3.05, 3.63) is 58.2 Å². The van der Waals surface area contributed by atoms with E-state index in [1.54, 1.807) is 6.20 Å². The van der Waals surface area contributed by atoms with Gasteiger partial charge in [-0.3, -0.25) is 19.6 Å². The van der Waals surface area contributed by atoms with E-state index in [0.29, 0.717) is 31.6 Å². The van der Waals surface area contributed by atoms with Gasteiger partial charge < -0.3 is 14.8 Å². The van der Waals surface area contributed by atoms with Crippen LogP contribution >= 0.6 is 15.9 Å². The number of ether oxygens (including phenoxy) is 2. The van der Waals surface area contributed by atoms with Gasteiger partial charge >= 0.3 is 0 Å². The highest BCUT2D eigenvalue weighted by atomic mass is 79.9. The topological polar surface area (TPSA) is 96.5 Å². The van der Waals surface area contributed by atoms with Gasteiger partial charge in [0.2, 0.25) is 0 Å². The number of carbonyl (C=O) groups is 2. The van der Waals surface area contributed by atoms with Crippen LogP contribution in [0.2, 0.25) is 0 Å². The van der Waals surface area contributed by atoms with Crippen LogP contribution in [0.5, 0.6) is 5.75 Å². The Bertz CT molecular complexity index is 1170. The van der Waals surface area contributed by atoms with Gasteiger partial charge in [-0.15, -0.1) is 0 Å². The van der Waals surface area contributed by atoms with Crippen molar-refractivity contribution in [2.24, 2.45) is 0 Å². The SMILES string of the molecule is O=COCCN1CCC2(CC1)C[C@H](NC(=O)c1cccc3cn[nH]c13)c1cc(Br)ccc1O2. The van der Waals surface area contributed by atoms with E-state index < -0.39 is 0 Å². The Morgan fingerprint density at radius 2 is 2.18 bits per heavy atom. The average Bonchev–Trinajstić information content (AvgIpc) is 3.30. The zero-order valence-corrected chi connectivity index (χ0v) is 19.6. The van der Waals surface area contributed by atoms with Crippen LogP contribution in [0.4, 0.5) is 0 Å². The summed E-state index contributed by atoms with van der Waals surface area (Å²) >= 11 is 3.56. The summed E-state index contributed by atoms with van der Waals surface area (Å²) in [6, 6.07) is 11.4. The molecule has 2 N–H and O–H groups in total. The number of likely N-dealkylation sites (tertiary alicyclic amines) is 1. The maximum Gasteiger partial charge on any atom is 0.293 e. The maximum atomic E-state index is 13.3. The number of rotatable bonds is 6. The Hall–Kier alpha value is -2.91. The molecule has 33 heavy (non-hydrogen) atoms. The lowest BCUT2D eigenvalue weighted by molar-refractivity contribution is -0.129. The zero-order valence-electron chi connectivity index (χ0n) is 18.1. The standard InChI is InChI=1S/C24H25BrN4O4/c25-17-4-5-21-19(12-17)20(27-23(31)18-3-1-2-16-14-26-28-22(16)18)13-24(33-21)6-8-29(9-7-24)10-11-32-15-30/h1-5,12,14-15,20H,6-11,13H2,(H,26,28)(H,27,31)/t20-/m0/s1. The quantitative estimate of drug-likeness (QED) is 0.387. The van der Waals surface area contributed by atoms with Crippen molar-refractivity contribution in [2.75, 3.05) is 26.2 Å². The lowest BCUT2D eigenvalue weighted by atomic mass is 9.80. The fraction of sp³-hybridized carbons (Fsp3) is 0.375. The number of amides is 1. The Labute approximate surface area is 199 Å². The van der Waals surface area contributed by atoms with Gasteiger partial charge in [-0.05, 0) is 37.1 Å². The minimum atomic E-state index is -0.346. The number of hydrogen-bond acceptors (Lipinski definition) is 6. The maximum absolute atomic E-state index is 13.3. The van der Waals surface area contributed by atoms with Crippen LogP contribution in [0.1, 0.15) is 41.2 Å². The molecule has 2 aromatic carbocycles. The summed E-state index contributed by atoms with van der Waals surface area (Å²) in [6.45, 7) is 3.30. The van der Waals surface area contributed by atoms with Crippen LogP contribution in [-0.2, 0) is 9.53 Å². The average molecular weight is 513 g/mol. The molecule has 2 aliphatic heterocycles. The van der Waals surface area contributed by atoms with Crippen LogP contribution in [0, 0.1) is 0 Å². The summed E-state index contributed by atoms with van der Waals surface area (Å²) in [7, 11) is 0. The van der Waals surface area contributed by atoms with Crippen LogP contribution < -0.4 is 10.1 Å². The summed E-state index contributed by atoms with van der Waals surface area (Å²) in [4.78, 5) is 26.0. The molecule has 5 rings (SSSR count). The molecular weight excluding hydrogens is 488 g/mol. The zero-order chi connectivity index (χ0) is 22.8. The highest BCUT2D eigenvalue weighted by molar-refractivity contribution is 9.10. The van der Waals surface area contributed by atoms with Gasteiger partial charge in [0.15, 0.2) is 0 Å². The van der Waals surface area contributed by atoms with Crippen molar-refractivity contribution in [2.45, 2.75) is 30.9 Å². The van der Waals surface area contributed by atoms with Crippen molar-refractivity contribution in [3.63, 3.8) is 0 Å². The molecule has 1 amide bonds. The van der Waals surface area contributed by atoms with Gasteiger partial charge in [0.25, 0.3) is 12.4 Å². The lowest BCUT2D eigenvalue weighted by Crippen LogP contribution is -2.52. The second kappa shape index (κ2) is 9.15. The van der Waals surface area contributed by atoms with Crippen molar-refractivity contribution in [3.8, 4) is 5.75 Å². The van der Waals surface area contributed by atoms with Gasteiger partial charge in [-0.25, -0.2) is 0 Å². The second-order valence-electron chi connectivity index (χ2n) is 8.65. The molecule has 0 bridgehead atoms. The summed E-state index contributed by atoms with van der Waals surface area (Å²) in [5, 5.41) is 11.2. The first-order chi connectivity index (χ1) is 16.1. The Morgan fingerprint density at radius 3 is 3.00 bits per heavy atom. The number of H-pyrrole nitrogens is 1. The van der Waals surface area contributed by atoms with Gasteiger partial charge in [0, 0.05) is 41.5 Å². The van der Waals surface area contributed by atoms with Crippen molar-refractivity contribution in [1.82, 2.24) is 20.4 Å². The molecule has 1 fully saturated rings. The normalized spacial score (nSPS) is 19.6. The number of carbonyl (C=O) groups excluding carboxylic acids is 2. The molecule has 1 aromatic heterocycles. The van der Waals surface area contributed by atoms with E-state index in [-0.39, 0.29) is 17.6 Å². The minimum absolute atomic E-state index is 0.138. The van der Waals surface area contributed by atoms with E-state index in [4.69, 9.17) is 9.47 Å². The highest BCUT2D eigenvalue weighted by Gasteiger charge is 2.43. The lowest BCUT2D eigenvalue weighted by Gasteiger charge is -2.47. The Balaban J connectivity index is 1.37. The number of fused-ring (bicyclic) bond motifs is 2. The number of hydrogen-bond donors (Lipinski definition) is 2. The molecular formula is C24H25BrN4O4. The molecule has 172 valence electrons. The van der Waals surface area contributed by atoms with Crippen LogP contribution in [0.3, 0.4) is 0 Å². The van der Waals surface area contributed by atoms with E-state index >= 15 is 0 Å².